The van der Waals surface area contributed by atoms with Crippen LogP contribution in [0.25, 0.3) is 0 Å². The third-order valence-corrected chi connectivity index (χ3v) is 2.69. The van der Waals surface area contributed by atoms with Crippen molar-refractivity contribution in [3.63, 3.8) is 0 Å². The van der Waals surface area contributed by atoms with E-state index in [0.717, 1.165) is 4.90 Å². The predicted molar refractivity (Wildman–Crippen MR) is 69.7 cm³/mol. The van der Waals surface area contributed by atoms with Crippen molar-refractivity contribution in [2.45, 2.75) is 40.2 Å². The van der Waals surface area contributed by atoms with E-state index in [0.29, 0.717) is 12.3 Å². The minimum atomic E-state index is -0.405. The minimum absolute atomic E-state index is 0.0772. The molecule has 0 fully saturated rings. The molecular formula is C13H22N2O3. The Morgan fingerprint density at radius 3 is 2.33 bits per heavy atom. The van der Waals surface area contributed by atoms with Crippen LogP contribution >= 0.6 is 0 Å². The second-order valence-electron chi connectivity index (χ2n) is 4.49. The van der Waals surface area contributed by atoms with Crippen molar-refractivity contribution >= 4 is 18.2 Å². The Hall–Kier alpha value is -1.65. The van der Waals surface area contributed by atoms with Crippen LogP contribution in [0.5, 0.6) is 0 Å². The zero-order chi connectivity index (χ0) is 14.1. The lowest BCUT2D eigenvalue weighted by Gasteiger charge is -2.18. The highest BCUT2D eigenvalue weighted by Gasteiger charge is 2.14. The number of imide groups is 1. The first kappa shape index (κ1) is 16.4. The highest BCUT2D eigenvalue weighted by Crippen LogP contribution is 2.00. The highest BCUT2D eigenvalue weighted by molar-refractivity contribution is 5.94. The molecule has 0 radical (unpaired) electrons. The van der Waals surface area contributed by atoms with E-state index in [2.05, 4.69) is 5.32 Å². The van der Waals surface area contributed by atoms with E-state index < -0.39 is 5.91 Å². The second kappa shape index (κ2) is 8.44. The zero-order valence-electron chi connectivity index (χ0n) is 11.5. The van der Waals surface area contributed by atoms with Crippen molar-refractivity contribution in [3.05, 3.63) is 12.2 Å². The summed E-state index contributed by atoms with van der Waals surface area (Å²) in [5, 5.41) is 2.82. The third kappa shape index (κ3) is 6.18. The molecule has 5 nitrogen and oxygen atoms in total. The molecule has 0 saturated carbocycles. The molecule has 3 amide bonds. The van der Waals surface area contributed by atoms with Crippen molar-refractivity contribution < 1.29 is 14.4 Å². The number of amides is 3. The summed E-state index contributed by atoms with van der Waals surface area (Å²) in [6, 6.07) is 0.0772. The van der Waals surface area contributed by atoms with Crippen LogP contribution in [0.2, 0.25) is 0 Å². The number of carbonyl (C=O) groups is 3. The van der Waals surface area contributed by atoms with Gasteiger partial charge >= 0.3 is 0 Å². The molecule has 102 valence electrons. The van der Waals surface area contributed by atoms with Crippen LogP contribution in [-0.2, 0) is 14.4 Å². The molecule has 0 spiro atoms. The Labute approximate surface area is 108 Å². The zero-order valence-corrected chi connectivity index (χ0v) is 11.5. The molecule has 0 rings (SSSR count). The Morgan fingerprint density at radius 1 is 1.28 bits per heavy atom. The molecule has 0 aromatic rings. The smallest absolute Gasteiger partial charge is 0.252 e. The number of hydrogen-bond acceptors (Lipinski definition) is 3. The Kier molecular flexibility index (Phi) is 7.67. The van der Waals surface area contributed by atoms with E-state index in [1.807, 2.05) is 20.8 Å². The van der Waals surface area contributed by atoms with E-state index in [1.165, 1.54) is 6.08 Å². The van der Waals surface area contributed by atoms with Gasteiger partial charge in [-0.25, -0.2) is 0 Å². The fourth-order valence-corrected chi connectivity index (χ4v) is 1.17. The average Bonchev–Trinajstić information content (AvgIpc) is 2.29. The van der Waals surface area contributed by atoms with Crippen LogP contribution < -0.4 is 5.32 Å². The lowest BCUT2D eigenvalue weighted by atomic mass is 10.1. The number of allylic oxidation sites excluding steroid dienone is 1. The first-order valence-electron chi connectivity index (χ1n) is 6.10. The van der Waals surface area contributed by atoms with Gasteiger partial charge in [0.15, 0.2) is 0 Å². The third-order valence-electron chi connectivity index (χ3n) is 2.69. The molecule has 0 aromatic carbocycles. The molecule has 5 heteroatoms. The van der Waals surface area contributed by atoms with Crippen molar-refractivity contribution in [1.82, 2.24) is 10.2 Å². The summed E-state index contributed by atoms with van der Waals surface area (Å²) in [7, 11) is 0. The summed E-state index contributed by atoms with van der Waals surface area (Å²) >= 11 is 0. The predicted octanol–water partition coefficient (Wildman–Crippen LogP) is 1.10. The van der Waals surface area contributed by atoms with Gasteiger partial charge in [0.1, 0.15) is 0 Å². The van der Waals surface area contributed by atoms with Crippen molar-refractivity contribution in [1.29, 1.82) is 0 Å². The molecule has 0 aromatic heterocycles. The lowest BCUT2D eigenvalue weighted by Crippen LogP contribution is -2.38. The molecule has 0 bridgehead atoms. The van der Waals surface area contributed by atoms with Crippen molar-refractivity contribution in [3.8, 4) is 0 Å². The van der Waals surface area contributed by atoms with Gasteiger partial charge in [0, 0.05) is 19.0 Å². The summed E-state index contributed by atoms with van der Waals surface area (Å²) in [4.78, 5) is 34.7. The maximum absolute atomic E-state index is 11.6. The van der Waals surface area contributed by atoms with Crippen LogP contribution in [0.1, 0.15) is 34.1 Å². The van der Waals surface area contributed by atoms with E-state index >= 15 is 0 Å². The fourth-order valence-electron chi connectivity index (χ4n) is 1.17. The van der Waals surface area contributed by atoms with Crippen molar-refractivity contribution in [2.24, 2.45) is 5.92 Å². The van der Waals surface area contributed by atoms with Gasteiger partial charge in [-0.15, -0.1) is 0 Å². The van der Waals surface area contributed by atoms with E-state index in [1.54, 1.807) is 13.0 Å². The summed E-state index contributed by atoms with van der Waals surface area (Å²) in [6.07, 6.45) is 3.42. The summed E-state index contributed by atoms with van der Waals surface area (Å²) in [5.41, 5.74) is 0. The Balaban J connectivity index is 4.17. The van der Waals surface area contributed by atoms with Gasteiger partial charge in [-0.05, 0) is 25.8 Å². The maximum Gasteiger partial charge on any atom is 0.252 e. The normalized spacial score (nSPS) is 12.5. The van der Waals surface area contributed by atoms with Crippen LogP contribution in [0.4, 0.5) is 0 Å². The molecule has 18 heavy (non-hydrogen) atoms. The Morgan fingerprint density at radius 2 is 1.89 bits per heavy atom. The standard InChI is InChI=1S/C13H22N2O3/c1-5-6-13(18)15(9-16)8-7-12(17)14-11(4)10(2)3/h5-6,9-11H,7-8H2,1-4H3,(H,14,17)/b6-5-. The van der Waals surface area contributed by atoms with Gasteiger partial charge in [0.2, 0.25) is 12.3 Å². The van der Waals surface area contributed by atoms with E-state index in [4.69, 9.17) is 0 Å². The van der Waals surface area contributed by atoms with Crippen LogP contribution in [0.3, 0.4) is 0 Å². The average molecular weight is 254 g/mol. The van der Waals surface area contributed by atoms with Gasteiger partial charge in [-0.3, -0.25) is 19.3 Å². The lowest BCUT2D eigenvalue weighted by molar-refractivity contribution is -0.134. The van der Waals surface area contributed by atoms with Gasteiger partial charge in [-0.1, -0.05) is 19.9 Å². The molecule has 0 aliphatic rings. The van der Waals surface area contributed by atoms with Crippen LogP contribution in [0, 0.1) is 5.92 Å². The largest absolute Gasteiger partial charge is 0.353 e. The number of hydrogen-bond donors (Lipinski definition) is 1. The van der Waals surface area contributed by atoms with Gasteiger partial charge in [0.25, 0.3) is 5.91 Å². The first-order valence-corrected chi connectivity index (χ1v) is 6.10. The van der Waals surface area contributed by atoms with Crippen LogP contribution in [-0.4, -0.2) is 35.7 Å². The number of nitrogens with zero attached hydrogens (tertiary/aromatic N) is 1. The first-order chi connectivity index (χ1) is 8.42. The van der Waals surface area contributed by atoms with Crippen molar-refractivity contribution in [2.75, 3.05) is 6.54 Å². The maximum atomic E-state index is 11.6. The van der Waals surface area contributed by atoms with Gasteiger partial charge < -0.3 is 5.32 Å². The highest BCUT2D eigenvalue weighted by atomic mass is 16.2. The summed E-state index contributed by atoms with van der Waals surface area (Å²) < 4.78 is 0. The van der Waals surface area contributed by atoms with Gasteiger partial charge in [0.05, 0.1) is 0 Å². The SMILES string of the molecule is C/C=C\C(=O)N(C=O)CCC(=O)NC(C)C(C)C. The molecule has 1 unspecified atom stereocenters. The topological polar surface area (TPSA) is 66.5 Å². The molecule has 1 N–H and O–H groups in total. The van der Waals surface area contributed by atoms with Crippen LogP contribution in [0.15, 0.2) is 12.2 Å². The molecule has 0 heterocycles. The monoisotopic (exact) mass is 254 g/mol. The van der Waals surface area contributed by atoms with Gasteiger partial charge in [-0.2, -0.15) is 0 Å². The number of carbonyl (C=O) groups excluding carboxylic acids is 3. The van der Waals surface area contributed by atoms with E-state index in [9.17, 15) is 14.4 Å². The number of nitrogens with one attached hydrogen (secondary N) is 1. The summed E-state index contributed by atoms with van der Waals surface area (Å²) in [5.74, 6) is -0.214. The number of rotatable bonds is 7. The minimum Gasteiger partial charge on any atom is -0.353 e. The quantitative estimate of drug-likeness (QED) is 0.546. The second-order valence-corrected chi connectivity index (χ2v) is 4.49. The summed E-state index contributed by atoms with van der Waals surface area (Å²) in [6.45, 7) is 7.74. The molecule has 0 aliphatic carbocycles. The molecule has 0 aliphatic heterocycles. The molecule has 0 saturated heterocycles. The Bertz CT molecular complexity index is 324. The van der Waals surface area contributed by atoms with E-state index in [-0.39, 0.29) is 24.9 Å². The fraction of sp³-hybridized carbons (Fsp3) is 0.615. The molecular weight excluding hydrogens is 232 g/mol. The molecule has 1 atom stereocenters.